The van der Waals surface area contributed by atoms with Crippen LogP contribution in [0.4, 0.5) is 0 Å². The zero-order valence-corrected chi connectivity index (χ0v) is 17.2. The highest BCUT2D eigenvalue weighted by Crippen LogP contribution is 2.29. The number of benzene rings is 2. The SMILES string of the molecule is CCOc1ccccc1-n1c(=S)[nH]c2cc(S(=O)(=O)N(CC)CC)ccc21. The first-order chi connectivity index (χ1) is 12.9. The number of aromatic amines is 1. The van der Waals surface area contributed by atoms with Gasteiger partial charge in [0.05, 0.1) is 28.2 Å². The fraction of sp³-hybridized carbons (Fsp3) is 0.316. The molecule has 0 radical (unpaired) electrons. The normalized spacial score (nSPS) is 12.0. The van der Waals surface area contributed by atoms with Crippen LogP contribution < -0.4 is 4.74 Å². The fourth-order valence-corrected chi connectivity index (χ4v) is 4.91. The number of hydrogen-bond acceptors (Lipinski definition) is 4. The topological polar surface area (TPSA) is 67.3 Å². The van der Waals surface area contributed by atoms with Crippen LogP contribution in [0.5, 0.6) is 5.75 Å². The number of imidazole rings is 1. The standard InChI is InChI=1S/C19H23N3O3S2/c1-4-21(5-2)27(23,24)14-11-12-16-15(13-14)20-19(26)22(16)17-9-7-8-10-18(17)25-6-3/h7-13H,4-6H2,1-3H3,(H,20,26). The molecule has 0 saturated carbocycles. The highest BCUT2D eigenvalue weighted by molar-refractivity contribution is 7.89. The van der Waals surface area contributed by atoms with Crippen molar-refractivity contribution < 1.29 is 13.2 Å². The number of hydrogen-bond donors (Lipinski definition) is 1. The molecule has 0 unspecified atom stereocenters. The summed E-state index contributed by atoms with van der Waals surface area (Å²) in [4.78, 5) is 3.37. The van der Waals surface area contributed by atoms with Gasteiger partial charge in [0.25, 0.3) is 0 Å². The van der Waals surface area contributed by atoms with Crippen LogP contribution in [-0.4, -0.2) is 42.0 Å². The van der Waals surface area contributed by atoms with E-state index >= 15 is 0 Å². The van der Waals surface area contributed by atoms with Crippen molar-refractivity contribution in [3.63, 3.8) is 0 Å². The molecule has 0 bridgehead atoms. The monoisotopic (exact) mass is 405 g/mol. The summed E-state index contributed by atoms with van der Waals surface area (Å²) in [5, 5.41) is 0. The molecule has 1 aromatic heterocycles. The molecule has 144 valence electrons. The van der Waals surface area contributed by atoms with Crippen molar-refractivity contribution in [2.75, 3.05) is 19.7 Å². The lowest BCUT2D eigenvalue weighted by Gasteiger charge is -2.18. The summed E-state index contributed by atoms with van der Waals surface area (Å²) < 4.78 is 35.1. The molecule has 0 aliphatic carbocycles. The first-order valence-corrected chi connectivity index (χ1v) is 10.8. The molecule has 1 heterocycles. The molecule has 0 atom stereocenters. The van der Waals surface area contributed by atoms with Gasteiger partial charge >= 0.3 is 0 Å². The Morgan fingerprint density at radius 3 is 2.48 bits per heavy atom. The van der Waals surface area contributed by atoms with Gasteiger partial charge in [-0.15, -0.1) is 0 Å². The van der Waals surface area contributed by atoms with E-state index in [4.69, 9.17) is 17.0 Å². The molecule has 1 N–H and O–H groups in total. The molecule has 8 heteroatoms. The molecule has 0 saturated heterocycles. The van der Waals surface area contributed by atoms with Crippen LogP contribution in [0.25, 0.3) is 16.7 Å². The molecular weight excluding hydrogens is 382 g/mol. The third-order valence-corrected chi connectivity index (χ3v) is 6.73. The van der Waals surface area contributed by atoms with Gasteiger partial charge in [-0.25, -0.2) is 8.42 Å². The minimum atomic E-state index is -3.53. The second kappa shape index (κ2) is 7.84. The van der Waals surface area contributed by atoms with Gasteiger partial charge in [0.1, 0.15) is 5.75 Å². The first kappa shape index (κ1) is 19.6. The minimum absolute atomic E-state index is 0.250. The number of H-pyrrole nitrogens is 1. The first-order valence-electron chi connectivity index (χ1n) is 8.91. The molecule has 2 aromatic carbocycles. The van der Waals surface area contributed by atoms with Crippen LogP contribution in [0.15, 0.2) is 47.4 Å². The van der Waals surface area contributed by atoms with Crippen molar-refractivity contribution in [3.8, 4) is 11.4 Å². The Bertz CT molecular complexity index is 1110. The predicted octanol–water partition coefficient (Wildman–Crippen LogP) is 4.12. The largest absolute Gasteiger partial charge is 0.492 e. The van der Waals surface area contributed by atoms with Crippen LogP contribution in [-0.2, 0) is 10.0 Å². The quantitative estimate of drug-likeness (QED) is 0.601. The van der Waals surface area contributed by atoms with Gasteiger partial charge in [0, 0.05) is 13.1 Å². The summed E-state index contributed by atoms with van der Waals surface area (Å²) in [6, 6.07) is 12.7. The molecule has 27 heavy (non-hydrogen) atoms. The van der Waals surface area contributed by atoms with Gasteiger partial charge in [-0.05, 0) is 49.5 Å². The van der Waals surface area contributed by atoms with Crippen molar-refractivity contribution in [1.29, 1.82) is 0 Å². The van der Waals surface area contributed by atoms with Gasteiger partial charge in [-0.2, -0.15) is 4.31 Å². The molecule has 3 rings (SSSR count). The number of aromatic nitrogens is 2. The number of nitrogens with one attached hydrogen (secondary N) is 1. The third kappa shape index (κ3) is 3.52. The molecule has 0 aliphatic heterocycles. The lowest BCUT2D eigenvalue weighted by Crippen LogP contribution is -2.30. The van der Waals surface area contributed by atoms with Crippen molar-refractivity contribution in [2.45, 2.75) is 25.7 Å². The number of para-hydroxylation sites is 2. The molecule has 3 aromatic rings. The number of ether oxygens (including phenoxy) is 1. The summed E-state index contributed by atoms with van der Waals surface area (Å²) in [5.41, 5.74) is 2.28. The molecular formula is C19H23N3O3S2. The van der Waals surface area contributed by atoms with Crippen LogP contribution in [0.2, 0.25) is 0 Å². The van der Waals surface area contributed by atoms with E-state index in [2.05, 4.69) is 4.98 Å². The van der Waals surface area contributed by atoms with E-state index in [0.717, 1.165) is 17.0 Å². The van der Waals surface area contributed by atoms with Crippen molar-refractivity contribution in [1.82, 2.24) is 13.9 Å². The van der Waals surface area contributed by atoms with Crippen LogP contribution in [0, 0.1) is 4.77 Å². The number of rotatable bonds is 7. The highest BCUT2D eigenvalue weighted by atomic mass is 32.2. The Hall–Kier alpha value is -2.16. The van der Waals surface area contributed by atoms with E-state index in [1.54, 1.807) is 18.2 Å². The summed E-state index contributed by atoms with van der Waals surface area (Å²) in [6.45, 7) is 6.97. The lowest BCUT2D eigenvalue weighted by molar-refractivity contribution is 0.339. The maximum absolute atomic E-state index is 12.8. The van der Waals surface area contributed by atoms with Gasteiger partial charge < -0.3 is 9.72 Å². The number of sulfonamides is 1. The Labute approximate surface area is 164 Å². The number of nitrogens with zero attached hydrogens (tertiary/aromatic N) is 2. The zero-order valence-electron chi connectivity index (χ0n) is 15.6. The van der Waals surface area contributed by atoms with E-state index < -0.39 is 10.0 Å². The Kier molecular flexibility index (Phi) is 5.69. The maximum atomic E-state index is 12.8. The Morgan fingerprint density at radius 2 is 1.81 bits per heavy atom. The van der Waals surface area contributed by atoms with Crippen LogP contribution in [0.1, 0.15) is 20.8 Å². The average Bonchev–Trinajstić information content (AvgIpc) is 2.98. The van der Waals surface area contributed by atoms with E-state index in [0.29, 0.717) is 30.0 Å². The third-order valence-electron chi connectivity index (χ3n) is 4.40. The van der Waals surface area contributed by atoms with E-state index in [1.165, 1.54) is 4.31 Å². The molecule has 0 aliphatic rings. The predicted molar refractivity (Wildman–Crippen MR) is 110 cm³/mol. The molecule has 0 fully saturated rings. The second-order valence-corrected chi connectivity index (χ2v) is 8.26. The Balaban J connectivity index is 2.18. The van der Waals surface area contributed by atoms with Gasteiger partial charge in [-0.1, -0.05) is 26.0 Å². The molecule has 0 amide bonds. The molecule has 0 spiro atoms. The van der Waals surface area contributed by atoms with Gasteiger partial charge in [-0.3, -0.25) is 4.57 Å². The van der Waals surface area contributed by atoms with Crippen molar-refractivity contribution in [2.24, 2.45) is 0 Å². The smallest absolute Gasteiger partial charge is 0.243 e. The summed E-state index contributed by atoms with van der Waals surface area (Å²) in [5.74, 6) is 0.719. The fourth-order valence-electron chi connectivity index (χ4n) is 3.12. The van der Waals surface area contributed by atoms with Crippen molar-refractivity contribution >= 4 is 33.3 Å². The van der Waals surface area contributed by atoms with Gasteiger partial charge in [0.2, 0.25) is 10.0 Å². The maximum Gasteiger partial charge on any atom is 0.243 e. The van der Waals surface area contributed by atoms with E-state index in [9.17, 15) is 8.42 Å². The highest BCUT2D eigenvalue weighted by Gasteiger charge is 2.22. The van der Waals surface area contributed by atoms with E-state index in [1.807, 2.05) is 49.6 Å². The summed E-state index contributed by atoms with van der Waals surface area (Å²) >= 11 is 5.50. The van der Waals surface area contributed by atoms with E-state index in [-0.39, 0.29) is 4.90 Å². The average molecular weight is 406 g/mol. The Morgan fingerprint density at radius 1 is 1.11 bits per heavy atom. The zero-order chi connectivity index (χ0) is 19.6. The van der Waals surface area contributed by atoms with Gasteiger partial charge in [0.15, 0.2) is 4.77 Å². The van der Waals surface area contributed by atoms with Crippen LogP contribution >= 0.6 is 12.2 Å². The summed E-state index contributed by atoms with van der Waals surface area (Å²) in [6.07, 6.45) is 0. The number of fused-ring (bicyclic) bond motifs is 1. The van der Waals surface area contributed by atoms with Crippen LogP contribution in [0.3, 0.4) is 0 Å². The molecule has 6 nitrogen and oxygen atoms in total. The van der Waals surface area contributed by atoms with Crippen molar-refractivity contribution in [3.05, 3.63) is 47.2 Å². The summed E-state index contributed by atoms with van der Waals surface area (Å²) in [7, 11) is -3.53. The lowest BCUT2D eigenvalue weighted by atomic mass is 10.2. The second-order valence-electron chi connectivity index (χ2n) is 5.93. The minimum Gasteiger partial charge on any atom is -0.492 e.